The molecule has 1 N–H and O–H groups in total. The van der Waals surface area contributed by atoms with Crippen LogP contribution in [0.5, 0.6) is 0 Å². The highest BCUT2D eigenvalue weighted by atomic mass is 19.1. The molecule has 1 aromatic carbocycles. The number of anilines is 1. The number of halogens is 1. The van der Waals surface area contributed by atoms with Gasteiger partial charge in [-0.15, -0.1) is 0 Å². The zero-order valence-electron chi connectivity index (χ0n) is 8.20. The summed E-state index contributed by atoms with van der Waals surface area (Å²) in [5.41, 5.74) is 0.944. The normalized spacial score (nSPS) is 10.3. The van der Waals surface area contributed by atoms with Crippen LogP contribution in [-0.2, 0) is 6.42 Å². The molecule has 0 fully saturated rings. The van der Waals surface area contributed by atoms with Crippen molar-refractivity contribution in [3.63, 3.8) is 0 Å². The van der Waals surface area contributed by atoms with E-state index in [1.807, 2.05) is 0 Å². The Morgan fingerprint density at radius 2 is 2.07 bits per heavy atom. The van der Waals surface area contributed by atoms with Crippen molar-refractivity contribution in [1.29, 1.82) is 0 Å². The van der Waals surface area contributed by atoms with Gasteiger partial charge >= 0.3 is 6.01 Å². The second-order valence-electron chi connectivity index (χ2n) is 3.07. The fraction of sp³-hybridized carbons (Fsp3) is 0.200. The van der Waals surface area contributed by atoms with E-state index in [1.165, 1.54) is 12.1 Å². The molecule has 1 heterocycles. The molecular weight excluding hydrogens is 197 g/mol. The van der Waals surface area contributed by atoms with E-state index in [2.05, 4.69) is 15.5 Å². The summed E-state index contributed by atoms with van der Waals surface area (Å²) in [6.45, 7) is 0. The Kier molecular flexibility index (Phi) is 2.62. The third kappa shape index (κ3) is 2.31. The first-order valence-electron chi connectivity index (χ1n) is 4.52. The number of nitrogens with one attached hydrogen (secondary N) is 1. The summed E-state index contributed by atoms with van der Waals surface area (Å²) in [6.07, 6.45) is 0.533. The minimum absolute atomic E-state index is 0.247. The highest BCUT2D eigenvalue weighted by molar-refractivity contribution is 5.22. The maximum Gasteiger partial charge on any atom is 0.321 e. The maximum atomic E-state index is 12.6. The van der Waals surface area contributed by atoms with Gasteiger partial charge in [-0.1, -0.05) is 17.3 Å². The van der Waals surface area contributed by atoms with Crippen LogP contribution in [0.2, 0.25) is 0 Å². The van der Waals surface area contributed by atoms with E-state index >= 15 is 0 Å². The first-order valence-corrected chi connectivity index (χ1v) is 4.52. The predicted molar refractivity (Wildman–Crippen MR) is 53.1 cm³/mol. The Morgan fingerprint density at radius 1 is 1.33 bits per heavy atom. The van der Waals surface area contributed by atoms with Crippen LogP contribution in [0.4, 0.5) is 10.4 Å². The smallest absolute Gasteiger partial charge is 0.321 e. The number of benzene rings is 1. The number of hydrogen-bond acceptors (Lipinski definition) is 4. The first-order chi connectivity index (χ1) is 7.28. The standard InChI is InChI=1S/C10H10FN3O/c1-12-10-13-9(14-15-10)6-7-2-4-8(11)5-3-7/h2-5H,6H2,1H3,(H,12,13,14). The minimum Gasteiger partial charge on any atom is -0.341 e. The van der Waals surface area contributed by atoms with E-state index < -0.39 is 0 Å². The molecule has 0 saturated carbocycles. The number of hydrogen-bond donors (Lipinski definition) is 1. The molecule has 0 aliphatic carbocycles. The summed E-state index contributed by atoms with van der Waals surface area (Å²) in [5, 5.41) is 6.50. The van der Waals surface area contributed by atoms with Gasteiger partial charge in [-0.05, 0) is 17.7 Å². The van der Waals surface area contributed by atoms with E-state index in [9.17, 15) is 4.39 Å². The molecule has 0 atom stereocenters. The van der Waals surface area contributed by atoms with Crippen molar-refractivity contribution in [2.45, 2.75) is 6.42 Å². The molecule has 2 rings (SSSR count). The van der Waals surface area contributed by atoms with Gasteiger partial charge in [0.05, 0.1) is 0 Å². The highest BCUT2D eigenvalue weighted by Gasteiger charge is 2.05. The summed E-state index contributed by atoms with van der Waals surface area (Å²) in [7, 11) is 1.70. The molecule has 0 spiro atoms. The van der Waals surface area contributed by atoms with Crippen LogP contribution in [0.25, 0.3) is 0 Å². The van der Waals surface area contributed by atoms with Gasteiger partial charge in [0.15, 0.2) is 5.82 Å². The first kappa shape index (κ1) is 9.64. The zero-order chi connectivity index (χ0) is 10.7. The predicted octanol–water partition coefficient (Wildman–Crippen LogP) is 1.84. The molecule has 15 heavy (non-hydrogen) atoms. The SMILES string of the molecule is CNc1nc(Cc2ccc(F)cc2)no1. The van der Waals surface area contributed by atoms with Crippen molar-refractivity contribution in [2.24, 2.45) is 0 Å². The van der Waals surface area contributed by atoms with E-state index in [1.54, 1.807) is 19.2 Å². The quantitative estimate of drug-likeness (QED) is 0.834. The second-order valence-corrected chi connectivity index (χ2v) is 3.07. The second kappa shape index (κ2) is 4.08. The molecule has 0 amide bonds. The fourth-order valence-corrected chi connectivity index (χ4v) is 1.21. The Balaban J connectivity index is 2.11. The Labute approximate surface area is 86.1 Å². The summed E-state index contributed by atoms with van der Waals surface area (Å²) in [6, 6.07) is 6.60. The molecule has 0 bridgehead atoms. The van der Waals surface area contributed by atoms with Crippen LogP contribution < -0.4 is 5.32 Å². The van der Waals surface area contributed by atoms with Gasteiger partial charge in [0.25, 0.3) is 0 Å². The van der Waals surface area contributed by atoms with Crippen LogP contribution in [0.3, 0.4) is 0 Å². The van der Waals surface area contributed by atoms with Crippen molar-refractivity contribution in [1.82, 2.24) is 10.1 Å². The topological polar surface area (TPSA) is 51.0 Å². The maximum absolute atomic E-state index is 12.6. The van der Waals surface area contributed by atoms with Crippen LogP contribution in [0, 0.1) is 5.82 Å². The summed E-state index contributed by atoms with van der Waals surface area (Å²) >= 11 is 0. The van der Waals surface area contributed by atoms with Gasteiger partial charge in [0, 0.05) is 13.5 Å². The van der Waals surface area contributed by atoms with Gasteiger partial charge in [0.1, 0.15) is 5.82 Å². The van der Waals surface area contributed by atoms with Gasteiger partial charge < -0.3 is 9.84 Å². The van der Waals surface area contributed by atoms with Crippen LogP contribution in [-0.4, -0.2) is 17.2 Å². The Morgan fingerprint density at radius 3 is 2.67 bits per heavy atom. The fourth-order valence-electron chi connectivity index (χ4n) is 1.21. The number of aromatic nitrogens is 2. The summed E-state index contributed by atoms with van der Waals surface area (Å²) < 4.78 is 17.5. The third-order valence-electron chi connectivity index (χ3n) is 1.96. The lowest BCUT2D eigenvalue weighted by molar-refractivity contribution is 0.425. The summed E-state index contributed by atoms with van der Waals surface area (Å²) in [5.74, 6) is 0.328. The molecule has 4 nitrogen and oxygen atoms in total. The van der Waals surface area contributed by atoms with Gasteiger partial charge in [0.2, 0.25) is 0 Å². The average molecular weight is 207 g/mol. The lowest BCUT2D eigenvalue weighted by Crippen LogP contribution is -1.92. The van der Waals surface area contributed by atoms with E-state index in [4.69, 9.17) is 4.52 Å². The minimum atomic E-state index is -0.247. The van der Waals surface area contributed by atoms with Crippen molar-refractivity contribution < 1.29 is 8.91 Å². The molecule has 0 unspecified atom stereocenters. The molecule has 0 aliphatic rings. The highest BCUT2D eigenvalue weighted by Crippen LogP contribution is 2.09. The molecule has 5 heteroatoms. The van der Waals surface area contributed by atoms with Crippen LogP contribution in [0.1, 0.15) is 11.4 Å². The van der Waals surface area contributed by atoms with E-state index in [0.717, 1.165) is 5.56 Å². The third-order valence-corrected chi connectivity index (χ3v) is 1.96. The van der Waals surface area contributed by atoms with Crippen LogP contribution >= 0.6 is 0 Å². The van der Waals surface area contributed by atoms with Crippen molar-refractivity contribution in [2.75, 3.05) is 12.4 Å². The molecule has 0 aliphatic heterocycles. The van der Waals surface area contributed by atoms with Gasteiger partial charge in [-0.2, -0.15) is 4.98 Å². The monoisotopic (exact) mass is 207 g/mol. The molecule has 78 valence electrons. The number of nitrogens with zero attached hydrogens (tertiary/aromatic N) is 2. The number of rotatable bonds is 3. The van der Waals surface area contributed by atoms with Gasteiger partial charge in [-0.3, -0.25) is 0 Å². The molecule has 1 aromatic heterocycles. The molecule has 2 aromatic rings. The molecular formula is C10H10FN3O. The Bertz CT molecular complexity index is 438. The lowest BCUT2D eigenvalue weighted by Gasteiger charge is -1.95. The Hall–Kier alpha value is -1.91. The zero-order valence-corrected chi connectivity index (χ0v) is 8.20. The largest absolute Gasteiger partial charge is 0.341 e. The summed E-state index contributed by atoms with van der Waals surface area (Å²) in [4.78, 5) is 4.06. The van der Waals surface area contributed by atoms with Crippen molar-refractivity contribution in [3.05, 3.63) is 41.5 Å². The molecule has 0 saturated heterocycles. The van der Waals surface area contributed by atoms with Crippen molar-refractivity contribution in [3.8, 4) is 0 Å². The lowest BCUT2D eigenvalue weighted by atomic mass is 10.1. The molecule has 0 radical (unpaired) electrons. The van der Waals surface area contributed by atoms with Gasteiger partial charge in [-0.25, -0.2) is 4.39 Å². The van der Waals surface area contributed by atoms with Crippen LogP contribution in [0.15, 0.2) is 28.8 Å². The van der Waals surface area contributed by atoms with E-state index in [-0.39, 0.29) is 5.82 Å². The average Bonchev–Trinajstić information content (AvgIpc) is 2.69. The van der Waals surface area contributed by atoms with E-state index in [0.29, 0.717) is 18.3 Å². The van der Waals surface area contributed by atoms with Crippen molar-refractivity contribution >= 4 is 6.01 Å².